The van der Waals surface area contributed by atoms with Gasteiger partial charge in [0, 0.05) is 42.7 Å². The summed E-state index contributed by atoms with van der Waals surface area (Å²) in [6, 6.07) is 22.1. The zero-order valence-corrected chi connectivity index (χ0v) is 22.3. The number of fused-ring (bicyclic) bond motifs is 3. The number of esters is 1. The fourth-order valence-electron chi connectivity index (χ4n) is 5.07. The molecule has 1 fully saturated rings. The quantitative estimate of drug-likeness (QED) is 0.340. The summed E-state index contributed by atoms with van der Waals surface area (Å²) in [4.78, 5) is 30.1. The number of carbonyl (C=O) groups is 2. The normalized spacial score (nSPS) is 15.2. The molecule has 1 amide bonds. The summed E-state index contributed by atoms with van der Waals surface area (Å²) in [6.07, 6.45) is -0.293. The first-order valence-electron chi connectivity index (χ1n) is 12.6. The molecule has 1 saturated heterocycles. The lowest BCUT2D eigenvalue weighted by Gasteiger charge is -2.36. The van der Waals surface area contributed by atoms with Gasteiger partial charge in [-0.3, -0.25) is 0 Å². The van der Waals surface area contributed by atoms with E-state index in [2.05, 4.69) is 41.8 Å². The van der Waals surface area contributed by atoms with Crippen LogP contribution >= 0.6 is 12.6 Å². The molecule has 0 bridgehead atoms. The Kier molecular flexibility index (Phi) is 6.90. The molecule has 6 nitrogen and oxygen atoms in total. The molecule has 0 atom stereocenters. The molecular weight excluding hydrogens is 484 g/mol. The fourth-order valence-corrected chi connectivity index (χ4v) is 5.34. The molecule has 1 aliphatic carbocycles. The van der Waals surface area contributed by atoms with Crippen molar-refractivity contribution >= 4 is 30.4 Å². The molecule has 2 aliphatic rings. The summed E-state index contributed by atoms with van der Waals surface area (Å²) in [5.41, 5.74) is 5.62. The maximum absolute atomic E-state index is 13.0. The number of carbonyl (C=O) groups excluding carboxylic acids is 2. The Morgan fingerprint density at radius 1 is 0.892 bits per heavy atom. The van der Waals surface area contributed by atoms with Crippen LogP contribution < -0.4 is 4.90 Å². The van der Waals surface area contributed by atoms with Crippen LogP contribution in [0.3, 0.4) is 0 Å². The summed E-state index contributed by atoms with van der Waals surface area (Å²) < 4.78 is 11.4. The number of nitrogens with zero attached hydrogens (tertiary/aromatic N) is 2. The number of rotatable bonds is 4. The standard InChI is InChI=1S/C30H32N2O4S/c1-30(2,3)36-28(33)20-16-21(18-22(37)17-20)31-12-14-32(15-13-31)29(34)35-19-27-25-10-6-4-8-23(25)24-9-5-7-11-26(24)27/h4-11,16-18,27,37H,12-15,19H2,1-3H3. The van der Waals surface area contributed by atoms with Gasteiger partial charge in [0.2, 0.25) is 0 Å². The van der Waals surface area contributed by atoms with Crippen LogP contribution in [0.25, 0.3) is 11.1 Å². The number of ether oxygens (including phenoxy) is 2. The molecular formula is C30H32N2O4S. The van der Waals surface area contributed by atoms with Gasteiger partial charge in [-0.1, -0.05) is 48.5 Å². The van der Waals surface area contributed by atoms with Crippen molar-refractivity contribution in [1.82, 2.24) is 4.90 Å². The molecule has 0 N–H and O–H groups in total. The highest BCUT2D eigenvalue weighted by molar-refractivity contribution is 7.80. The third-order valence-corrected chi connectivity index (χ3v) is 7.03. The predicted molar refractivity (Wildman–Crippen MR) is 148 cm³/mol. The maximum Gasteiger partial charge on any atom is 0.409 e. The lowest BCUT2D eigenvalue weighted by Crippen LogP contribution is -2.49. The van der Waals surface area contributed by atoms with Gasteiger partial charge in [0.05, 0.1) is 5.56 Å². The van der Waals surface area contributed by atoms with E-state index in [1.807, 2.05) is 57.2 Å². The van der Waals surface area contributed by atoms with Crippen LogP contribution in [0.5, 0.6) is 0 Å². The molecule has 0 spiro atoms. The first kappa shape index (κ1) is 25.2. The van der Waals surface area contributed by atoms with Crippen molar-refractivity contribution in [2.75, 3.05) is 37.7 Å². The number of hydrogen-bond donors (Lipinski definition) is 1. The Balaban J connectivity index is 1.20. The average Bonchev–Trinajstić information content (AvgIpc) is 3.20. The van der Waals surface area contributed by atoms with Gasteiger partial charge in [0.25, 0.3) is 0 Å². The van der Waals surface area contributed by atoms with Crippen LogP contribution in [0.4, 0.5) is 10.5 Å². The summed E-state index contributed by atoms with van der Waals surface area (Å²) in [5, 5.41) is 0. The molecule has 5 rings (SSSR count). The second-order valence-electron chi connectivity index (χ2n) is 10.5. The Morgan fingerprint density at radius 2 is 1.49 bits per heavy atom. The van der Waals surface area contributed by atoms with Crippen molar-refractivity contribution in [2.45, 2.75) is 37.2 Å². The molecule has 7 heteroatoms. The SMILES string of the molecule is CC(C)(C)OC(=O)c1cc(S)cc(N2CCN(C(=O)OCC3c4ccccc4-c4ccccc43)CC2)c1. The van der Waals surface area contributed by atoms with Crippen LogP contribution in [0.2, 0.25) is 0 Å². The largest absolute Gasteiger partial charge is 0.456 e. The van der Waals surface area contributed by atoms with E-state index in [1.165, 1.54) is 22.3 Å². The van der Waals surface area contributed by atoms with Gasteiger partial charge in [-0.25, -0.2) is 9.59 Å². The maximum atomic E-state index is 13.0. The highest BCUT2D eigenvalue weighted by atomic mass is 32.1. The van der Waals surface area contributed by atoms with Gasteiger partial charge < -0.3 is 19.3 Å². The predicted octanol–water partition coefficient (Wildman–Crippen LogP) is 6.00. The third-order valence-electron chi connectivity index (χ3n) is 6.78. The molecule has 192 valence electrons. The first-order valence-corrected chi connectivity index (χ1v) is 13.1. The molecule has 3 aromatic rings. The molecule has 0 saturated carbocycles. The van der Waals surface area contributed by atoms with E-state index in [0.717, 1.165) is 5.69 Å². The molecule has 0 radical (unpaired) electrons. The highest BCUT2D eigenvalue weighted by Crippen LogP contribution is 2.44. The minimum atomic E-state index is -0.571. The molecule has 37 heavy (non-hydrogen) atoms. The topological polar surface area (TPSA) is 59.1 Å². The van der Waals surface area contributed by atoms with Gasteiger partial charge in [0.15, 0.2) is 0 Å². The summed E-state index contributed by atoms with van der Waals surface area (Å²) in [6.45, 7) is 8.19. The van der Waals surface area contributed by atoms with E-state index in [1.54, 1.807) is 11.0 Å². The number of thiol groups is 1. The minimum absolute atomic E-state index is 0.0436. The summed E-state index contributed by atoms with van der Waals surface area (Å²) in [7, 11) is 0. The number of piperazine rings is 1. The van der Waals surface area contributed by atoms with Crippen LogP contribution in [-0.4, -0.2) is 55.3 Å². The van der Waals surface area contributed by atoms with Crippen molar-refractivity contribution in [1.29, 1.82) is 0 Å². The van der Waals surface area contributed by atoms with Gasteiger partial charge in [-0.05, 0) is 61.2 Å². The molecule has 1 heterocycles. The van der Waals surface area contributed by atoms with E-state index in [9.17, 15) is 9.59 Å². The van der Waals surface area contributed by atoms with Crippen LogP contribution in [0.1, 0.15) is 48.2 Å². The van der Waals surface area contributed by atoms with Crippen molar-refractivity contribution in [3.63, 3.8) is 0 Å². The highest BCUT2D eigenvalue weighted by Gasteiger charge is 2.30. The van der Waals surface area contributed by atoms with Crippen molar-refractivity contribution in [3.8, 4) is 11.1 Å². The zero-order chi connectivity index (χ0) is 26.2. The van der Waals surface area contributed by atoms with Gasteiger partial charge in [-0.2, -0.15) is 0 Å². The van der Waals surface area contributed by atoms with Gasteiger partial charge in [-0.15, -0.1) is 12.6 Å². The Bertz CT molecular complexity index is 1280. The van der Waals surface area contributed by atoms with E-state index < -0.39 is 5.60 Å². The minimum Gasteiger partial charge on any atom is -0.456 e. The monoisotopic (exact) mass is 516 g/mol. The first-order chi connectivity index (χ1) is 17.7. The van der Waals surface area contributed by atoms with E-state index in [4.69, 9.17) is 9.47 Å². The fraction of sp³-hybridized carbons (Fsp3) is 0.333. The molecule has 1 aliphatic heterocycles. The lowest BCUT2D eigenvalue weighted by atomic mass is 9.98. The summed E-state index contributed by atoms with van der Waals surface area (Å²) in [5.74, 6) is -0.330. The van der Waals surface area contributed by atoms with Crippen molar-refractivity contribution in [2.24, 2.45) is 0 Å². The zero-order valence-electron chi connectivity index (χ0n) is 21.4. The van der Waals surface area contributed by atoms with Crippen molar-refractivity contribution in [3.05, 3.63) is 83.4 Å². The van der Waals surface area contributed by atoms with Gasteiger partial charge in [0.1, 0.15) is 12.2 Å². The van der Waals surface area contributed by atoms with Crippen LogP contribution in [-0.2, 0) is 9.47 Å². The van der Waals surface area contributed by atoms with Gasteiger partial charge >= 0.3 is 12.1 Å². The second-order valence-corrected chi connectivity index (χ2v) is 11.0. The molecule has 3 aromatic carbocycles. The molecule has 0 unspecified atom stereocenters. The lowest BCUT2D eigenvalue weighted by molar-refractivity contribution is 0.00692. The second kappa shape index (κ2) is 10.1. The van der Waals surface area contributed by atoms with E-state index in [-0.39, 0.29) is 18.0 Å². The van der Waals surface area contributed by atoms with E-state index >= 15 is 0 Å². The van der Waals surface area contributed by atoms with Crippen molar-refractivity contribution < 1.29 is 19.1 Å². The number of benzene rings is 3. The summed E-state index contributed by atoms with van der Waals surface area (Å²) >= 11 is 4.49. The Morgan fingerprint density at radius 3 is 2.08 bits per heavy atom. The van der Waals surface area contributed by atoms with Crippen LogP contribution in [0, 0.1) is 0 Å². The average molecular weight is 517 g/mol. The van der Waals surface area contributed by atoms with E-state index in [0.29, 0.717) is 43.2 Å². The Labute approximate surface area is 223 Å². The smallest absolute Gasteiger partial charge is 0.409 e. The van der Waals surface area contributed by atoms with Crippen LogP contribution in [0.15, 0.2) is 71.6 Å². The number of amides is 1. The number of anilines is 1. The Hall–Kier alpha value is -3.45. The third kappa shape index (κ3) is 5.47. The molecule has 0 aromatic heterocycles. The number of hydrogen-bond acceptors (Lipinski definition) is 6.